The van der Waals surface area contributed by atoms with E-state index in [4.69, 9.17) is 0 Å². The molecule has 0 unspecified atom stereocenters. The molecule has 90 valence electrons. The maximum Gasteiger partial charge on any atom is 0.233 e. The minimum Gasteiger partial charge on any atom is -0.285 e. The molecule has 2 rings (SSSR count). The Morgan fingerprint density at radius 3 is 2.94 bits per heavy atom. The zero-order chi connectivity index (χ0) is 12.4. The van der Waals surface area contributed by atoms with Crippen molar-refractivity contribution in [2.75, 3.05) is 6.54 Å². The molecule has 0 saturated heterocycles. The van der Waals surface area contributed by atoms with E-state index >= 15 is 0 Å². The smallest absolute Gasteiger partial charge is 0.233 e. The molecule has 0 saturated carbocycles. The van der Waals surface area contributed by atoms with Crippen LogP contribution in [0.3, 0.4) is 0 Å². The van der Waals surface area contributed by atoms with Gasteiger partial charge in [-0.25, -0.2) is 9.98 Å². The highest BCUT2D eigenvalue weighted by Gasteiger charge is 2.25. The SMILES string of the molecule is C=C(C)SC1=NC(C)=NC2=NC=C(CC)CN21. The molecule has 0 aromatic carbocycles. The lowest BCUT2D eigenvalue weighted by molar-refractivity contribution is 0.633. The molecule has 17 heavy (non-hydrogen) atoms. The van der Waals surface area contributed by atoms with Gasteiger partial charge in [0.1, 0.15) is 5.84 Å². The van der Waals surface area contributed by atoms with Gasteiger partial charge >= 0.3 is 0 Å². The predicted molar refractivity (Wildman–Crippen MR) is 75.5 cm³/mol. The van der Waals surface area contributed by atoms with Crippen molar-refractivity contribution < 1.29 is 0 Å². The van der Waals surface area contributed by atoms with Gasteiger partial charge in [-0.2, -0.15) is 4.99 Å². The number of aliphatic imine (C=N–C) groups is 3. The Bertz CT molecular complexity index is 471. The normalized spacial score (nSPS) is 18.9. The Labute approximate surface area is 106 Å². The first kappa shape index (κ1) is 12.1. The molecule has 0 amide bonds. The minimum absolute atomic E-state index is 0.735. The molecular weight excluding hydrogens is 232 g/mol. The highest BCUT2D eigenvalue weighted by atomic mass is 32.2. The third-order valence-electron chi connectivity index (χ3n) is 2.44. The first-order valence-electron chi connectivity index (χ1n) is 5.60. The molecule has 0 radical (unpaired) electrons. The zero-order valence-corrected chi connectivity index (χ0v) is 11.2. The van der Waals surface area contributed by atoms with Crippen LogP contribution in [0.5, 0.6) is 0 Å². The molecule has 4 nitrogen and oxygen atoms in total. The van der Waals surface area contributed by atoms with Crippen LogP contribution < -0.4 is 0 Å². The van der Waals surface area contributed by atoms with E-state index in [9.17, 15) is 0 Å². The summed E-state index contributed by atoms with van der Waals surface area (Å²) < 4.78 is 0. The van der Waals surface area contributed by atoms with E-state index in [-0.39, 0.29) is 0 Å². The Morgan fingerprint density at radius 2 is 2.29 bits per heavy atom. The fourth-order valence-corrected chi connectivity index (χ4v) is 2.33. The third-order valence-corrected chi connectivity index (χ3v) is 3.28. The van der Waals surface area contributed by atoms with Crippen molar-refractivity contribution in [3.63, 3.8) is 0 Å². The molecule has 0 fully saturated rings. The van der Waals surface area contributed by atoms with Crippen molar-refractivity contribution in [2.45, 2.75) is 27.2 Å². The maximum absolute atomic E-state index is 4.46. The molecular formula is C12H16N4S. The number of amidine groups is 2. The van der Waals surface area contributed by atoms with Gasteiger partial charge in [-0.3, -0.25) is 4.90 Å². The summed E-state index contributed by atoms with van der Waals surface area (Å²) in [5.41, 5.74) is 1.29. The van der Waals surface area contributed by atoms with Crippen molar-refractivity contribution in [3.05, 3.63) is 23.3 Å². The molecule has 2 aliphatic heterocycles. The average molecular weight is 248 g/mol. The van der Waals surface area contributed by atoms with Crippen molar-refractivity contribution in [3.8, 4) is 0 Å². The third kappa shape index (κ3) is 2.66. The number of thioether (sulfide) groups is 1. The second-order valence-corrected chi connectivity index (χ2v) is 5.28. The topological polar surface area (TPSA) is 40.3 Å². The summed E-state index contributed by atoms with van der Waals surface area (Å²) in [4.78, 5) is 16.3. The Hall–Kier alpha value is -1.36. The summed E-state index contributed by atoms with van der Waals surface area (Å²) in [5, 5.41) is 0.919. The second-order valence-electron chi connectivity index (χ2n) is 4.01. The highest BCUT2D eigenvalue weighted by molar-refractivity contribution is 8.17. The molecule has 0 bridgehead atoms. The quantitative estimate of drug-likeness (QED) is 0.753. The minimum atomic E-state index is 0.735. The fraction of sp³-hybridized carbons (Fsp3) is 0.417. The maximum atomic E-state index is 4.46. The summed E-state index contributed by atoms with van der Waals surface area (Å²) in [6.45, 7) is 10.7. The van der Waals surface area contributed by atoms with Gasteiger partial charge in [-0.15, -0.1) is 0 Å². The van der Waals surface area contributed by atoms with Crippen LogP contribution >= 0.6 is 11.8 Å². The monoisotopic (exact) mass is 248 g/mol. The number of guanidine groups is 1. The molecule has 2 heterocycles. The summed E-state index contributed by atoms with van der Waals surface area (Å²) >= 11 is 1.57. The number of nitrogens with zero attached hydrogens (tertiary/aromatic N) is 4. The van der Waals surface area contributed by atoms with Gasteiger partial charge in [-0.05, 0) is 30.7 Å². The van der Waals surface area contributed by atoms with Crippen LogP contribution in [0, 0.1) is 0 Å². The van der Waals surface area contributed by atoms with Crippen LogP contribution in [0.2, 0.25) is 0 Å². The van der Waals surface area contributed by atoms with Gasteiger partial charge in [0.2, 0.25) is 5.96 Å². The number of rotatable bonds is 2. The van der Waals surface area contributed by atoms with Crippen LogP contribution in [-0.2, 0) is 0 Å². The van der Waals surface area contributed by atoms with Gasteiger partial charge < -0.3 is 0 Å². The van der Waals surface area contributed by atoms with E-state index < -0.39 is 0 Å². The van der Waals surface area contributed by atoms with Gasteiger partial charge in [0.15, 0.2) is 5.17 Å². The van der Waals surface area contributed by atoms with Gasteiger partial charge in [0.05, 0.1) is 6.54 Å². The molecule has 0 N–H and O–H groups in total. The van der Waals surface area contributed by atoms with Gasteiger partial charge in [0, 0.05) is 6.20 Å². The van der Waals surface area contributed by atoms with Gasteiger partial charge in [-0.1, -0.05) is 25.3 Å². The zero-order valence-electron chi connectivity index (χ0n) is 10.4. The molecule has 0 aromatic rings. The number of allylic oxidation sites excluding steroid dienone is 1. The first-order chi connectivity index (χ1) is 8.10. The average Bonchev–Trinajstić information content (AvgIpc) is 2.27. The van der Waals surface area contributed by atoms with Crippen LogP contribution in [0.1, 0.15) is 27.2 Å². The van der Waals surface area contributed by atoms with E-state index in [0.29, 0.717) is 0 Å². The summed E-state index contributed by atoms with van der Waals surface area (Å²) in [5.74, 6) is 1.48. The van der Waals surface area contributed by atoms with Crippen molar-refractivity contribution in [1.29, 1.82) is 0 Å². The molecule has 5 heteroatoms. The van der Waals surface area contributed by atoms with Crippen LogP contribution in [0.15, 0.2) is 38.2 Å². The Kier molecular flexibility index (Phi) is 3.47. The largest absolute Gasteiger partial charge is 0.285 e. The van der Waals surface area contributed by atoms with Crippen LogP contribution in [0.4, 0.5) is 0 Å². The lowest BCUT2D eigenvalue weighted by Gasteiger charge is -2.30. The van der Waals surface area contributed by atoms with Crippen LogP contribution in [-0.4, -0.2) is 28.4 Å². The summed E-state index contributed by atoms with van der Waals surface area (Å²) in [6, 6.07) is 0. The van der Waals surface area contributed by atoms with Crippen molar-refractivity contribution in [2.24, 2.45) is 15.0 Å². The molecule has 0 spiro atoms. The van der Waals surface area contributed by atoms with E-state index in [0.717, 1.165) is 34.8 Å². The predicted octanol–water partition coefficient (Wildman–Crippen LogP) is 3.01. The molecule has 2 aliphatic rings. The molecule has 0 aromatic heterocycles. The lowest BCUT2D eigenvalue weighted by atomic mass is 10.2. The summed E-state index contributed by atoms with van der Waals surface area (Å²) in [7, 11) is 0. The number of hydrogen-bond acceptors (Lipinski definition) is 5. The van der Waals surface area contributed by atoms with Crippen molar-refractivity contribution in [1.82, 2.24) is 4.90 Å². The summed E-state index contributed by atoms with van der Waals surface area (Å²) in [6.07, 6.45) is 2.91. The number of hydrogen-bond donors (Lipinski definition) is 0. The van der Waals surface area contributed by atoms with Crippen LogP contribution in [0.25, 0.3) is 0 Å². The standard InChI is InChI=1S/C12H16N4S/c1-5-10-6-13-11-14-9(4)15-12(16(11)7-10)17-8(2)3/h6H,2,5,7H2,1,3-4H3. The lowest BCUT2D eigenvalue weighted by Crippen LogP contribution is -2.40. The highest BCUT2D eigenvalue weighted by Crippen LogP contribution is 2.24. The Balaban J connectivity index is 2.31. The fourth-order valence-electron chi connectivity index (χ4n) is 1.58. The first-order valence-corrected chi connectivity index (χ1v) is 6.42. The van der Waals surface area contributed by atoms with Gasteiger partial charge in [0.25, 0.3) is 0 Å². The van der Waals surface area contributed by atoms with E-state index in [1.807, 2.05) is 24.9 Å². The van der Waals surface area contributed by atoms with E-state index in [1.165, 1.54) is 5.57 Å². The molecule has 0 atom stereocenters. The van der Waals surface area contributed by atoms with Crippen molar-refractivity contribution >= 4 is 28.7 Å². The molecule has 0 aliphatic carbocycles. The second kappa shape index (κ2) is 4.87. The number of fused-ring (bicyclic) bond motifs is 1. The van der Waals surface area contributed by atoms with E-state index in [2.05, 4.69) is 28.5 Å². The Morgan fingerprint density at radius 1 is 1.53 bits per heavy atom. The van der Waals surface area contributed by atoms with E-state index in [1.54, 1.807) is 11.8 Å².